The Morgan fingerprint density at radius 3 is 2.19 bits per heavy atom. The van der Waals surface area contributed by atoms with E-state index in [1.165, 1.54) is 44.5 Å². The number of nitrogens with one attached hydrogen (secondary N) is 2. The van der Waals surface area contributed by atoms with Gasteiger partial charge in [-0.05, 0) is 66.7 Å². The molecule has 2 N–H and O–H groups in total. The number of benzene rings is 4. The molecular weight excluding hydrogens is 606 g/mol. The molecule has 0 spiro atoms. The van der Waals surface area contributed by atoms with Crippen molar-refractivity contribution >= 4 is 51.6 Å². The number of esters is 2. The van der Waals surface area contributed by atoms with Gasteiger partial charge in [0, 0.05) is 33.8 Å². The molecule has 0 aliphatic rings. The minimum atomic E-state index is -0.535. The van der Waals surface area contributed by atoms with E-state index in [0.29, 0.717) is 16.8 Å². The summed E-state index contributed by atoms with van der Waals surface area (Å²) in [6, 6.07) is 24.2. The zero-order chi connectivity index (χ0) is 30.1. The Balaban J connectivity index is 1.42. The largest absolute Gasteiger partial charge is 0.493 e. The summed E-state index contributed by atoms with van der Waals surface area (Å²) in [5.41, 5.74) is 4.12. The molecule has 0 radical (unpaired) electrons. The number of amides is 2. The minimum absolute atomic E-state index is 0.185. The van der Waals surface area contributed by atoms with E-state index in [-0.39, 0.29) is 28.4 Å². The van der Waals surface area contributed by atoms with Crippen molar-refractivity contribution in [3.05, 3.63) is 118 Å². The lowest BCUT2D eigenvalue weighted by molar-refractivity contribution is -0.132. The highest BCUT2D eigenvalue weighted by Crippen LogP contribution is 2.29. The van der Waals surface area contributed by atoms with Gasteiger partial charge in [0.25, 0.3) is 11.8 Å². The Kier molecular flexibility index (Phi) is 9.80. The zero-order valence-electron chi connectivity index (χ0n) is 22.4. The number of methoxy groups -OCH3 is 1. The van der Waals surface area contributed by atoms with Gasteiger partial charge in [-0.25, -0.2) is 10.2 Å². The molecule has 0 heterocycles. The second kappa shape index (κ2) is 13.9. The first-order chi connectivity index (χ1) is 20.2. The predicted octanol–water partition coefficient (Wildman–Crippen LogP) is 5.62. The topological polar surface area (TPSA) is 132 Å². The molecule has 212 valence electrons. The van der Waals surface area contributed by atoms with Crippen molar-refractivity contribution in [1.29, 1.82) is 0 Å². The van der Waals surface area contributed by atoms with Crippen molar-refractivity contribution in [2.75, 3.05) is 12.4 Å². The lowest BCUT2D eigenvalue weighted by Gasteiger charge is -2.11. The molecule has 0 aromatic heterocycles. The number of anilines is 1. The normalized spacial score (nSPS) is 10.5. The molecule has 0 unspecified atom stereocenters. The smallest absolute Gasteiger partial charge is 0.343 e. The van der Waals surface area contributed by atoms with Gasteiger partial charge in [0.05, 0.1) is 18.9 Å². The van der Waals surface area contributed by atoms with Gasteiger partial charge in [-0.1, -0.05) is 40.2 Å². The average Bonchev–Trinajstić information content (AvgIpc) is 2.98. The summed E-state index contributed by atoms with van der Waals surface area (Å²) in [6.45, 7) is 1.26. The van der Waals surface area contributed by atoms with E-state index in [0.717, 1.165) is 4.47 Å². The number of hydrogen-bond acceptors (Lipinski definition) is 8. The molecule has 10 nitrogen and oxygen atoms in total. The van der Waals surface area contributed by atoms with Crippen LogP contribution in [0.4, 0.5) is 5.69 Å². The molecule has 11 heteroatoms. The van der Waals surface area contributed by atoms with Crippen LogP contribution >= 0.6 is 15.9 Å². The summed E-state index contributed by atoms with van der Waals surface area (Å²) in [4.78, 5) is 49.4. The maximum atomic E-state index is 12.8. The summed E-state index contributed by atoms with van der Waals surface area (Å²) < 4.78 is 16.5. The molecule has 4 rings (SSSR count). The Hall–Kier alpha value is -5.29. The van der Waals surface area contributed by atoms with Crippen LogP contribution in [0, 0.1) is 0 Å². The Bertz CT molecular complexity index is 1670. The maximum absolute atomic E-state index is 12.8. The highest BCUT2D eigenvalue weighted by Gasteiger charge is 2.15. The second-order valence-corrected chi connectivity index (χ2v) is 9.55. The first kappa shape index (κ1) is 29.7. The standard InChI is InChI=1S/C31H24BrN3O7/c1-19(36)41-27-13-11-22(17-28(27)40-2)29(37)34-25-10-6-9-21(16-25)30(38)35-33-18-23-15-24(32)12-14-26(23)42-31(39)20-7-4-3-5-8-20/h3-18H,1-2H3,(H,34,37)(H,35,38). The molecular formula is C31H24BrN3O7. The number of halogens is 1. The van der Waals surface area contributed by atoms with Gasteiger partial charge in [0.2, 0.25) is 0 Å². The van der Waals surface area contributed by atoms with Crippen molar-refractivity contribution in [1.82, 2.24) is 5.43 Å². The second-order valence-electron chi connectivity index (χ2n) is 8.63. The van der Waals surface area contributed by atoms with Crippen LogP contribution in [0.3, 0.4) is 0 Å². The molecule has 0 atom stereocenters. The summed E-state index contributed by atoms with van der Waals surface area (Å²) >= 11 is 3.38. The molecule has 42 heavy (non-hydrogen) atoms. The highest BCUT2D eigenvalue weighted by atomic mass is 79.9. The van der Waals surface area contributed by atoms with Crippen molar-refractivity contribution in [2.45, 2.75) is 6.92 Å². The number of nitrogens with zero attached hydrogens (tertiary/aromatic N) is 1. The minimum Gasteiger partial charge on any atom is -0.493 e. The van der Waals surface area contributed by atoms with Gasteiger partial charge < -0.3 is 19.5 Å². The SMILES string of the molecule is COc1cc(C(=O)Nc2cccc(C(=O)NN=Cc3cc(Br)ccc3OC(=O)c3ccccc3)c2)ccc1OC(C)=O. The van der Waals surface area contributed by atoms with Gasteiger partial charge in [0.1, 0.15) is 5.75 Å². The fourth-order valence-corrected chi connectivity index (χ4v) is 4.04. The lowest BCUT2D eigenvalue weighted by atomic mass is 10.1. The third-order valence-corrected chi connectivity index (χ3v) is 6.11. The average molecular weight is 630 g/mol. The molecule has 0 aliphatic carbocycles. The fraction of sp³-hybridized carbons (Fsp3) is 0.0645. The van der Waals surface area contributed by atoms with Crippen molar-refractivity contribution < 1.29 is 33.4 Å². The Labute approximate surface area is 249 Å². The lowest BCUT2D eigenvalue weighted by Crippen LogP contribution is -2.18. The molecule has 0 fully saturated rings. The van der Waals surface area contributed by atoms with Crippen molar-refractivity contribution in [2.24, 2.45) is 5.10 Å². The molecule has 0 saturated heterocycles. The number of carbonyl (C=O) groups is 4. The summed E-state index contributed by atoms with van der Waals surface area (Å²) in [5, 5.41) is 6.73. The van der Waals surface area contributed by atoms with Crippen LogP contribution in [0.25, 0.3) is 0 Å². The highest BCUT2D eigenvalue weighted by molar-refractivity contribution is 9.10. The fourth-order valence-electron chi connectivity index (χ4n) is 3.66. The summed E-state index contributed by atoms with van der Waals surface area (Å²) in [6.07, 6.45) is 1.36. The van der Waals surface area contributed by atoms with Gasteiger partial charge in [0.15, 0.2) is 11.5 Å². The van der Waals surface area contributed by atoms with Crippen LogP contribution < -0.4 is 25.0 Å². The first-order valence-electron chi connectivity index (χ1n) is 12.4. The molecule has 4 aromatic rings. The maximum Gasteiger partial charge on any atom is 0.343 e. The van der Waals surface area contributed by atoms with E-state index in [1.54, 1.807) is 66.7 Å². The third-order valence-electron chi connectivity index (χ3n) is 5.62. The zero-order valence-corrected chi connectivity index (χ0v) is 24.0. The van der Waals surface area contributed by atoms with Gasteiger partial charge in [-0.2, -0.15) is 5.10 Å². The van der Waals surface area contributed by atoms with Crippen molar-refractivity contribution in [3.8, 4) is 17.2 Å². The monoisotopic (exact) mass is 629 g/mol. The predicted molar refractivity (Wildman–Crippen MR) is 159 cm³/mol. The van der Waals surface area contributed by atoms with Crippen LogP contribution in [-0.2, 0) is 4.79 Å². The Morgan fingerprint density at radius 1 is 0.738 bits per heavy atom. The molecule has 4 aromatic carbocycles. The third kappa shape index (κ3) is 7.89. The van der Waals surface area contributed by atoms with Gasteiger partial charge in [-0.3, -0.25) is 14.4 Å². The summed E-state index contributed by atoms with van der Waals surface area (Å²) in [5.74, 6) is -1.40. The number of ether oxygens (including phenoxy) is 3. The van der Waals surface area contributed by atoms with Crippen LogP contribution in [-0.4, -0.2) is 37.1 Å². The van der Waals surface area contributed by atoms with Gasteiger partial charge >= 0.3 is 11.9 Å². The molecule has 2 amide bonds. The van der Waals surface area contributed by atoms with E-state index >= 15 is 0 Å². The van der Waals surface area contributed by atoms with E-state index < -0.39 is 23.8 Å². The van der Waals surface area contributed by atoms with Crippen LogP contribution in [0.1, 0.15) is 43.6 Å². The molecule has 0 aliphatic heterocycles. The van der Waals surface area contributed by atoms with Crippen LogP contribution in [0.5, 0.6) is 17.2 Å². The molecule has 0 bridgehead atoms. The molecule has 0 saturated carbocycles. The number of rotatable bonds is 9. The number of carbonyl (C=O) groups excluding carboxylic acids is 4. The number of hydrazone groups is 1. The van der Waals surface area contributed by atoms with E-state index in [1.807, 2.05) is 0 Å². The van der Waals surface area contributed by atoms with E-state index in [4.69, 9.17) is 14.2 Å². The Morgan fingerprint density at radius 2 is 1.45 bits per heavy atom. The quantitative estimate of drug-likeness (QED) is 0.106. The van der Waals surface area contributed by atoms with E-state index in [9.17, 15) is 19.2 Å². The van der Waals surface area contributed by atoms with Crippen molar-refractivity contribution in [3.63, 3.8) is 0 Å². The van der Waals surface area contributed by atoms with Crippen LogP contribution in [0.2, 0.25) is 0 Å². The van der Waals surface area contributed by atoms with Crippen LogP contribution in [0.15, 0.2) is 101 Å². The van der Waals surface area contributed by atoms with E-state index in [2.05, 4.69) is 31.8 Å². The first-order valence-corrected chi connectivity index (χ1v) is 13.2. The van der Waals surface area contributed by atoms with Gasteiger partial charge in [-0.15, -0.1) is 0 Å². The summed E-state index contributed by atoms with van der Waals surface area (Å²) in [7, 11) is 1.39. The number of hydrogen-bond donors (Lipinski definition) is 2.